The number of phenols is 1. The number of phenolic OH excluding ortho intramolecular Hbond substituents is 1. The van der Waals surface area contributed by atoms with Gasteiger partial charge in [-0.3, -0.25) is 0 Å². The zero-order chi connectivity index (χ0) is 20.5. The van der Waals surface area contributed by atoms with Gasteiger partial charge in [0.15, 0.2) is 0 Å². The van der Waals surface area contributed by atoms with E-state index in [1.165, 1.54) is 36.4 Å². The highest BCUT2D eigenvalue weighted by atomic mass is 32.1. The summed E-state index contributed by atoms with van der Waals surface area (Å²) in [5, 5.41) is 11.2. The van der Waals surface area contributed by atoms with Gasteiger partial charge in [0.25, 0.3) is 0 Å². The van der Waals surface area contributed by atoms with E-state index in [2.05, 4.69) is 12.6 Å². The molecule has 144 valence electrons. The first-order chi connectivity index (χ1) is 13.9. The normalized spacial score (nSPS) is 10.9. The Labute approximate surface area is 171 Å². The molecule has 0 bridgehead atoms. The molecule has 0 aliphatic rings. The lowest BCUT2D eigenvalue weighted by molar-refractivity contribution is 0.479. The lowest BCUT2D eigenvalue weighted by Gasteiger charge is -2.18. The minimum Gasteiger partial charge on any atom is -0.507 e. The molecule has 1 nitrogen and oxygen atoms in total. The van der Waals surface area contributed by atoms with Crippen LogP contribution in [-0.2, 0) is 0 Å². The first-order valence-electron chi connectivity index (χ1n) is 8.81. The molecule has 4 rings (SSSR count). The van der Waals surface area contributed by atoms with Crippen LogP contribution in [0.1, 0.15) is 0 Å². The number of hydrogen-bond donors (Lipinski definition) is 2. The van der Waals surface area contributed by atoms with Crippen molar-refractivity contribution >= 4 is 12.6 Å². The number of halogens is 3. The molecule has 0 atom stereocenters. The second-order valence-corrected chi connectivity index (χ2v) is 7.04. The molecule has 0 spiro atoms. The van der Waals surface area contributed by atoms with Crippen LogP contribution >= 0.6 is 12.6 Å². The molecular formula is C24H15F3OS. The molecule has 0 saturated heterocycles. The first-order valence-corrected chi connectivity index (χ1v) is 9.25. The van der Waals surface area contributed by atoms with Crippen molar-refractivity contribution in [2.45, 2.75) is 4.90 Å². The van der Waals surface area contributed by atoms with Gasteiger partial charge in [0.05, 0.1) is 0 Å². The Morgan fingerprint density at radius 2 is 0.931 bits per heavy atom. The van der Waals surface area contributed by atoms with Crippen molar-refractivity contribution in [3.8, 4) is 39.1 Å². The molecule has 0 radical (unpaired) electrons. The number of hydrogen-bond acceptors (Lipinski definition) is 2. The Hall–Kier alpha value is -3.18. The molecule has 0 aliphatic heterocycles. The highest BCUT2D eigenvalue weighted by Gasteiger charge is 2.20. The number of thiol groups is 1. The predicted octanol–water partition coefficient (Wildman–Crippen LogP) is 7.10. The van der Waals surface area contributed by atoms with E-state index in [4.69, 9.17) is 0 Å². The van der Waals surface area contributed by atoms with Crippen molar-refractivity contribution in [1.82, 2.24) is 0 Å². The molecule has 29 heavy (non-hydrogen) atoms. The lowest BCUT2D eigenvalue weighted by atomic mass is 9.89. The lowest BCUT2D eigenvalue weighted by Crippen LogP contribution is -1.93. The van der Waals surface area contributed by atoms with Crippen LogP contribution in [-0.4, -0.2) is 5.11 Å². The maximum absolute atomic E-state index is 13.5. The molecule has 0 amide bonds. The number of benzene rings is 4. The van der Waals surface area contributed by atoms with Gasteiger partial charge in [-0.2, -0.15) is 0 Å². The van der Waals surface area contributed by atoms with E-state index in [0.717, 1.165) is 0 Å². The van der Waals surface area contributed by atoms with Gasteiger partial charge in [-0.15, -0.1) is 12.6 Å². The fourth-order valence-electron chi connectivity index (χ4n) is 3.31. The van der Waals surface area contributed by atoms with Gasteiger partial charge in [0, 0.05) is 21.6 Å². The average molecular weight is 408 g/mol. The van der Waals surface area contributed by atoms with Crippen LogP contribution in [0.4, 0.5) is 13.2 Å². The Kier molecular flexibility index (Phi) is 5.07. The molecule has 4 aromatic carbocycles. The molecule has 0 fully saturated rings. The molecule has 0 heterocycles. The molecule has 4 aromatic rings. The second kappa shape index (κ2) is 7.68. The fraction of sp³-hybridized carbons (Fsp3) is 0. The monoisotopic (exact) mass is 408 g/mol. The standard InChI is InChI=1S/C24H15F3OS/c25-17-7-1-14(2-8-17)20-13-21(29)22(15-3-9-18(26)10-4-15)23(24(20)28)16-5-11-19(27)12-6-16/h1-13,28-29H. The molecule has 0 unspecified atom stereocenters. The van der Waals surface area contributed by atoms with E-state index in [-0.39, 0.29) is 17.4 Å². The Morgan fingerprint density at radius 1 is 0.552 bits per heavy atom. The largest absolute Gasteiger partial charge is 0.507 e. The molecule has 0 saturated carbocycles. The summed E-state index contributed by atoms with van der Waals surface area (Å²) in [6.07, 6.45) is 0. The van der Waals surface area contributed by atoms with Crippen molar-refractivity contribution in [2.24, 2.45) is 0 Å². The third-order valence-corrected chi connectivity index (χ3v) is 5.05. The summed E-state index contributed by atoms with van der Waals surface area (Å²) in [6, 6.07) is 18.9. The van der Waals surface area contributed by atoms with Crippen molar-refractivity contribution in [1.29, 1.82) is 0 Å². The van der Waals surface area contributed by atoms with E-state index >= 15 is 0 Å². The third-order valence-electron chi connectivity index (χ3n) is 4.70. The highest BCUT2D eigenvalue weighted by molar-refractivity contribution is 7.80. The van der Waals surface area contributed by atoms with E-state index in [0.29, 0.717) is 38.3 Å². The molecule has 0 aliphatic carbocycles. The van der Waals surface area contributed by atoms with E-state index in [9.17, 15) is 18.3 Å². The van der Waals surface area contributed by atoms with Gasteiger partial charge in [0.2, 0.25) is 0 Å². The van der Waals surface area contributed by atoms with Crippen LogP contribution in [0.3, 0.4) is 0 Å². The highest BCUT2D eigenvalue weighted by Crippen LogP contribution is 2.47. The quantitative estimate of drug-likeness (QED) is 0.347. The van der Waals surface area contributed by atoms with E-state index in [1.54, 1.807) is 42.5 Å². The van der Waals surface area contributed by atoms with Crippen LogP contribution in [0.2, 0.25) is 0 Å². The summed E-state index contributed by atoms with van der Waals surface area (Å²) < 4.78 is 40.2. The van der Waals surface area contributed by atoms with Gasteiger partial charge in [0.1, 0.15) is 23.2 Å². The zero-order valence-corrected chi connectivity index (χ0v) is 15.9. The van der Waals surface area contributed by atoms with Crippen LogP contribution < -0.4 is 0 Å². The van der Waals surface area contributed by atoms with E-state index < -0.39 is 5.82 Å². The van der Waals surface area contributed by atoms with Crippen LogP contribution in [0.25, 0.3) is 33.4 Å². The summed E-state index contributed by atoms with van der Waals surface area (Å²) in [7, 11) is 0. The van der Waals surface area contributed by atoms with Crippen molar-refractivity contribution < 1.29 is 18.3 Å². The van der Waals surface area contributed by atoms with Crippen molar-refractivity contribution in [3.05, 3.63) is 96.3 Å². The maximum atomic E-state index is 13.5. The number of rotatable bonds is 3. The molecule has 5 heteroatoms. The van der Waals surface area contributed by atoms with Crippen LogP contribution in [0.15, 0.2) is 83.8 Å². The van der Waals surface area contributed by atoms with Crippen LogP contribution in [0, 0.1) is 17.5 Å². The molecule has 0 aromatic heterocycles. The SMILES string of the molecule is Oc1c(-c2ccc(F)cc2)cc(S)c(-c2ccc(F)cc2)c1-c1ccc(F)cc1. The van der Waals surface area contributed by atoms with E-state index in [1.807, 2.05) is 0 Å². The predicted molar refractivity (Wildman–Crippen MR) is 112 cm³/mol. The van der Waals surface area contributed by atoms with Gasteiger partial charge in [-0.05, 0) is 59.2 Å². The third kappa shape index (κ3) is 3.74. The van der Waals surface area contributed by atoms with Crippen molar-refractivity contribution in [3.63, 3.8) is 0 Å². The van der Waals surface area contributed by atoms with Gasteiger partial charge in [-0.1, -0.05) is 36.4 Å². The Balaban J connectivity index is 2.02. The summed E-state index contributed by atoms with van der Waals surface area (Å²) in [6.45, 7) is 0. The summed E-state index contributed by atoms with van der Waals surface area (Å²) in [5.74, 6) is -1.23. The zero-order valence-electron chi connectivity index (χ0n) is 15.0. The summed E-state index contributed by atoms with van der Waals surface area (Å²) in [4.78, 5) is 0.535. The molecule has 1 N–H and O–H groups in total. The topological polar surface area (TPSA) is 20.2 Å². The van der Waals surface area contributed by atoms with Gasteiger partial charge < -0.3 is 5.11 Å². The van der Waals surface area contributed by atoms with Crippen molar-refractivity contribution in [2.75, 3.05) is 0 Å². The molecular weight excluding hydrogens is 393 g/mol. The Morgan fingerprint density at radius 3 is 1.38 bits per heavy atom. The minimum absolute atomic E-state index is 0.0552. The van der Waals surface area contributed by atoms with Gasteiger partial charge in [-0.25, -0.2) is 13.2 Å². The summed E-state index contributed by atoms with van der Waals surface area (Å²) in [5.41, 5.74) is 3.30. The number of aromatic hydroxyl groups is 1. The Bertz CT molecular complexity index is 1170. The summed E-state index contributed by atoms with van der Waals surface area (Å²) >= 11 is 4.61. The maximum Gasteiger partial charge on any atom is 0.131 e. The minimum atomic E-state index is -0.405. The second-order valence-electron chi connectivity index (χ2n) is 6.56. The fourth-order valence-corrected chi connectivity index (χ4v) is 3.68. The van der Waals surface area contributed by atoms with Gasteiger partial charge >= 0.3 is 0 Å². The average Bonchev–Trinajstić information content (AvgIpc) is 2.71. The van der Waals surface area contributed by atoms with Crippen LogP contribution in [0.5, 0.6) is 5.75 Å². The first kappa shape index (κ1) is 19.2. The smallest absolute Gasteiger partial charge is 0.131 e.